The summed E-state index contributed by atoms with van der Waals surface area (Å²) in [4.78, 5) is 38.0. The highest BCUT2D eigenvalue weighted by molar-refractivity contribution is 5.71. The van der Waals surface area contributed by atoms with Crippen molar-refractivity contribution in [3.63, 3.8) is 0 Å². The SMILES string of the molecule is CC/C=C\C/C=C\C/C=C\CCCCCCCC(=O)O[C@@H](COC(=O)CCCCCCCCCCCCC)COC(=O)CCCCCCCCCCCCCCCCCCC. The zero-order valence-corrected chi connectivity index (χ0v) is 40.7. The lowest BCUT2D eigenvalue weighted by molar-refractivity contribution is -0.167. The van der Waals surface area contributed by atoms with E-state index < -0.39 is 6.10 Å². The third kappa shape index (κ3) is 48.5. The molecule has 6 heteroatoms. The number of hydrogen-bond acceptors (Lipinski definition) is 6. The van der Waals surface area contributed by atoms with E-state index in [9.17, 15) is 14.4 Å². The Bertz CT molecular complexity index is 1030. The summed E-state index contributed by atoms with van der Waals surface area (Å²) in [5, 5.41) is 0. The Morgan fingerprint density at radius 2 is 0.639 bits per heavy atom. The van der Waals surface area contributed by atoms with Gasteiger partial charge in [-0.3, -0.25) is 14.4 Å². The van der Waals surface area contributed by atoms with Gasteiger partial charge in [-0.15, -0.1) is 0 Å². The summed E-state index contributed by atoms with van der Waals surface area (Å²) in [6, 6.07) is 0. The molecule has 0 heterocycles. The Kier molecular flexibility index (Phi) is 48.3. The van der Waals surface area contributed by atoms with E-state index in [1.54, 1.807) is 0 Å². The van der Waals surface area contributed by atoms with Gasteiger partial charge >= 0.3 is 17.9 Å². The van der Waals surface area contributed by atoms with Crippen LogP contribution in [0.4, 0.5) is 0 Å². The standard InChI is InChI=1S/C55H100O6/c1-4-7-10-13-16-19-22-24-26-27-29-30-33-36-39-42-45-48-54(57)60-51-52(50-59-53(56)47-44-41-38-35-32-21-18-15-12-9-6-3)61-55(58)49-46-43-40-37-34-31-28-25-23-20-17-14-11-8-5-2/h8,11,17,20,25,28,52H,4-7,9-10,12-16,18-19,21-24,26-27,29-51H2,1-3H3/b11-8-,20-17-,28-25-/t52-/m0/s1. The first kappa shape index (κ1) is 58.6. The molecule has 0 saturated heterocycles. The van der Waals surface area contributed by atoms with Crippen molar-refractivity contribution in [2.45, 2.75) is 284 Å². The summed E-state index contributed by atoms with van der Waals surface area (Å²) in [6.07, 6.45) is 58.4. The molecule has 1 atom stereocenters. The number of carbonyl (C=O) groups excluding carboxylic acids is 3. The number of allylic oxidation sites excluding steroid dienone is 6. The predicted molar refractivity (Wildman–Crippen MR) is 261 cm³/mol. The Labute approximate surface area is 378 Å². The van der Waals surface area contributed by atoms with E-state index in [0.717, 1.165) is 96.3 Å². The highest BCUT2D eigenvalue weighted by atomic mass is 16.6. The van der Waals surface area contributed by atoms with Gasteiger partial charge in [0.25, 0.3) is 0 Å². The molecule has 0 N–H and O–H groups in total. The van der Waals surface area contributed by atoms with Gasteiger partial charge < -0.3 is 14.2 Å². The summed E-state index contributed by atoms with van der Waals surface area (Å²) in [6.45, 7) is 6.53. The largest absolute Gasteiger partial charge is 0.462 e. The van der Waals surface area contributed by atoms with Crippen LogP contribution in [0.1, 0.15) is 278 Å². The van der Waals surface area contributed by atoms with E-state index in [-0.39, 0.29) is 31.1 Å². The van der Waals surface area contributed by atoms with Gasteiger partial charge in [0, 0.05) is 19.3 Å². The zero-order chi connectivity index (χ0) is 44.4. The highest BCUT2D eigenvalue weighted by Gasteiger charge is 2.19. The summed E-state index contributed by atoms with van der Waals surface area (Å²) in [5.74, 6) is -0.879. The van der Waals surface area contributed by atoms with Crippen LogP contribution in [0.5, 0.6) is 0 Å². The molecule has 6 nitrogen and oxygen atoms in total. The van der Waals surface area contributed by atoms with Crippen LogP contribution in [0.25, 0.3) is 0 Å². The number of esters is 3. The van der Waals surface area contributed by atoms with E-state index >= 15 is 0 Å². The maximum atomic E-state index is 12.8. The van der Waals surface area contributed by atoms with Crippen molar-refractivity contribution in [3.8, 4) is 0 Å². The molecular weight excluding hydrogens is 757 g/mol. The van der Waals surface area contributed by atoms with E-state index in [1.165, 1.54) is 141 Å². The van der Waals surface area contributed by atoms with Crippen LogP contribution in [-0.4, -0.2) is 37.2 Å². The van der Waals surface area contributed by atoms with Gasteiger partial charge in [-0.1, -0.05) is 243 Å². The number of unbranched alkanes of at least 4 members (excludes halogenated alkanes) is 31. The minimum Gasteiger partial charge on any atom is -0.462 e. The molecule has 0 aliphatic rings. The van der Waals surface area contributed by atoms with Crippen molar-refractivity contribution >= 4 is 17.9 Å². The molecule has 0 fully saturated rings. The van der Waals surface area contributed by atoms with Gasteiger partial charge in [0.2, 0.25) is 0 Å². The van der Waals surface area contributed by atoms with E-state index in [0.29, 0.717) is 19.3 Å². The topological polar surface area (TPSA) is 78.9 Å². The van der Waals surface area contributed by atoms with Crippen molar-refractivity contribution in [3.05, 3.63) is 36.5 Å². The second-order valence-electron chi connectivity index (χ2n) is 17.8. The van der Waals surface area contributed by atoms with Gasteiger partial charge in [0.05, 0.1) is 0 Å². The van der Waals surface area contributed by atoms with Crippen LogP contribution >= 0.6 is 0 Å². The van der Waals surface area contributed by atoms with Gasteiger partial charge in [0.1, 0.15) is 13.2 Å². The lowest BCUT2D eigenvalue weighted by Crippen LogP contribution is -2.30. The first-order valence-electron chi connectivity index (χ1n) is 26.5. The molecule has 0 saturated carbocycles. The van der Waals surface area contributed by atoms with Crippen molar-refractivity contribution < 1.29 is 28.6 Å². The van der Waals surface area contributed by atoms with Crippen LogP contribution in [-0.2, 0) is 28.6 Å². The quantitative estimate of drug-likeness (QED) is 0.0262. The van der Waals surface area contributed by atoms with Crippen LogP contribution < -0.4 is 0 Å². The van der Waals surface area contributed by atoms with Gasteiger partial charge in [0.15, 0.2) is 6.10 Å². The summed E-state index contributed by atoms with van der Waals surface area (Å²) >= 11 is 0. The molecule has 0 bridgehead atoms. The van der Waals surface area contributed by atoms with Crippen LogP contribution in [0, 0.1) is 0 Å². The minimum atomic E-state index is -0.775. The molecule has 0 spiro atoms. The third-order valence-corrected chi connectivity index (χ3v) is 11.7. The fraction of sp³-hybridized carbons (Fsp3) is 0.836. The third-order valence-electron chi connectivity index (χ3n) is 11.7. The second kappa shape index (κ2) is 50.3. The number of hydrogen-bond donors (Lipinski definition) is 0. The van der Waals surface area contributed by atoms with Crippen LogP contribution in [0.3, 0.4) is 0 Å². The summed E-state index contributed by atoms with van der Waals surface area (Å²) < 4.78 is 16.8. The van der Waals surface area contributed by atoms with Crippen molar-refractivity contribution in [1.29, 1.82) is 0 Å². The lowest BCUT2D eigenvalue weighted by Gasteiger charge is -2.18. The number of carbonyl (C=O) groups is 3. The van der Waals surface area contributed by atoms with E-state index in [1.807, 2.05) is 0 Å². The summed E-state index contributed by atoms with van der Waals surface area (Å²) in [7, 11) is 0. The first-order chi connectivity index (χ1) is 30.0. The molecule has 356 valence electrons. The highest BCUT2D eigenvalue weighted by Crippen LogP contribution is 2.16. The van der Waals surface area contributed by atoms with Crippen LogP contribution in [0.2, 0.25) is 0 Å². The molecule has 0 rings (SSSR count). The fourth-order valence-electron chi connectivity index (χ4n) is 7.69. The van der Waals surface area contributed by atoms with Crippen LogP contribution in [0.15, 0.2) is 36.5 Å². The first-order valence-corrected chi connectivity index (χ1v) is 26.5. The summed E-state index contributed by atoms with van der Waals surface area (Å²) in [5.41, 5.74) is 0. The maximum Gasteiger partial charge on any atom is 0.306 e. The van der Waals surface area contributed by atoms with Gasteiger partial charge in [-0.2, -0.15) is 0 Å². The molecule has 0 aromatic heterocycles. The zero-order valence-electron chi connectivity index (χ0n) is 40.7. The molecule has 61 heavy (non-hydrogen) atoms. The smallest absolute Gasteiger partial charge is 0.306 e. The monoisotopic (exact) mass is 857 g/mol. The number of ether oxygens (including phenoxy) is 3. The molecular formula is C55H100O6. The van der Waals surface area contributed by atoms with Crippen molar-refractivity contribution in [2.24, 2.45) is 0 Å². The molecule has 0 aliphatic carbocycles. The molecule has 0 radical (unpaired) electrons. The normalized spacial score (nSPS) is 12.2. The Morgan fingerprint density at radius 1 is 0.344 bits per heavy atom. The predicted octanol–water partition coefficient (Wildman–Crippen LogP) is 17.3. The van der Waals surface area contributed by atoms with Crippen molar-refractivity contribution in [1.82, 2.24) is 0 Å². The molecule has 0 aliphatic heterocycles. The molecule has 0 unspecified atom stereocenters. The van der Waals surface area contributed by atoms with Gasteiger partial charge in [-0.25, -0.2) is 0 Å². The van der Waals surface area contributed by atoms with Crippen molar-refractivity contribution in [2.75, 3.05) is 13.2 Å². The Balaban J connectivity index is 4.33. The Morgan fingerprint density at radius 3 is 1.00 bits per heavy atom. The maximum absolute atomic E-state index is 12.8. The Hall–Kier alpha value is -2.37. The second-order valence-corrected chi connectivity index (χ2v) is 17.8. The van der Waals surface area contributed by atoms with Gasteiger partial charge in [-0.05, 0) is 51.4 Å². The molecule has 0 amide bonds. The fourth-order valence-corrected chi connectivity index (χ4v) is 7.69. The lowest BCUT2D eigenvalue weighted by atomic mass is 10.0. The average Bonchev–Trinajstić information content (AvgIpc) is 3.26. The van der Waals surface area contributed by atoms with E-state index in [2.05, 4.69) is 57.2 Å². The molecule has 0 aromatic rings. The molecule has 0 aromatic carbocycles. The number of rotatable bonds is 48. The van der Waals surface area contributed by atoms with E-state index in [4.69, 9.17) is 14.2 Å². The minimum absolute atomic E-state index is 0.0749. The average molecular weight is 857 g/mol.